The molecule has 2 aromatic rings. The Kier molecular flexibility index (Phi) is 3.74. The van der Waals surface area contributed by atoms with Crippen LogP contribution in [0.15, 0.2) is 36.4 Å². The summed E-state index contributed by atoms with van der Waals surface area (Å²) >= 11 is 0. The highest BCUT2D eigenvalue weighted by molar-refractivity contribution is 5.98. The summed E-state index contributed by atoms with van der Waals surface area (Å²) in [5.41, 5.74) is 2.99. The predicted octanol–water partition coefficient (Wildman–Crippen LogP) is 4.01. The first-order chi connectivity index (χ1) is 8.97. The zero-order valence-corrected chi connectivity index (χ0v) is 10.8. The van der Waals surface area contributed by atoms with Gasteiger partial charge in [-0.2, -0.15) is 0 Å². The van der Waals surface area contributed by atoms with Crippen LogP contribution in [0.4, 0.5) is 8.78 Å². The van der Waals surface area contributed by atoms with Crippen molar-refractivity contribution in [3.05, 3.63) is 70.3 Å². The molecule has 0 aliphatic heterocycles. The van der Waals surface area contributed by atoms with E-state index in [9.17, 15) is 13.6 Å². The third-order valence-electron chi connectivity index (χ3n) is 3.04. The van der Waals surface area contributed by atoms with Gasteiger partial charge in [0.25, 0.3) is 0 Å². The molecule has 0 bridgehead atoms. The Morgan fingerprint density at radius 1 is 1.00 bits per heavy atom. The molecule has 98 valence electrons. The highest BCUT2D eigenvalue weighted by Crippen LogP contribution is 2.15. The van der Waals surface area contributed by atoms with Crippen molar-refractivity contribution in [1.29, 1.82) is 0 Å². The molecule has 1 nitrogen and oxygen atoms in total. The molecule has 0 aromatic heterocycles. The maximum atomic E-state index is 13.1. The zero-order chi connectivity index (χ0) is 14.0. The lowest BCUT2D eigenvalue weighted by atomic mass is 9.97. The van der Waals surface area contributed by atoms with Gasteiger partial charge >= 0.3 is 0 Å². The fourth-order valence-corrected chi connectivity index (χ4v) is 1.97. The van der Waals surface area contributed by atoms with E-state index in [0.29, 0.717) is 11.1 Å². The number of rotatable bonds is 3. The Balaban J connectivity index is 2.25. The molecule has 0 N–H and O–H groups in total. The zero-order valence-electron chi connectivity index (χ0n) is 10.8. The standard InChI is InChI=1S/C16H14F2O/c1-10-3-4-11(2)13(7-10)16(19)9-12-5-6-14(17)15(18)8-12/h3-8H,9H2,1-2H3. The van der Waals surface area contributed by atoms with E-state index in [1.165, 1.54) is 6.07 Å². The molecule has 0 radical (unpaired) electrons. The van der Waals surface area contributed by atoms with Crippen LogP contribution in [0.5, 0.6) is 0 Å². The van der Waals surface area contributed by atoms with Gasteiger partial charge in [-0.05, 0) is 43.2 Å². The predicted molar refractivity (Wildman–Crippen MR) is 70.3 cm³/mol. The summed E-state index contributed by atoms with van der Waals surface area (Å²) in [7, 11) is 0. The van der Waals surface area contributed by atoms with E-state index in [4.69, 9.17) is 0 Å². The van der Waals surface area contributed by atoms with Gasteiger partial charge in [0.15, 0.2) is 17.4 Å². The van der Waals surface area contributed by atoms with Crippen molar-refractivity contribution < 1.29 is 13.6 Å². The van der Waals surface area contributed by atoms with Gasteiger partial charge in [0.1, 0.15) is 0 Å². The van der Waals surface area contributed by atoms with Crippen LogP contribution in [0.1, 0.15) is 27.0 Å². The number of hydrogen-bond donors (Lipinski definition) is 0. The van der Waals surface area contributed by atoms with Crippen molar-refractivity contribution in [2.75, 3.05) is 0 Å². The van der Waals surface area contributed by atoms with Gasteiger partial charge in [0.05, 0.1) is 0 Å². The van der Waals surface area contributed by atoms with Crippen LogP contribution < -0.4 is 0 Å². The average molecular weight is 260 g/mol. The van der Waals surface area contributed by atoms with Crippen LogP contribution in [-0.2, 0) is 6.42 Å². The lowest BCUT2D eigenvalue weighted by Crippen LogP contribution is -2.06. The van der Waals surface area contributed by atoms with Crippen molar-refractivity contribution in [2.24, 2.45) is 0 Å². The van der Waals surface area contributed by atoms with E-state index >= 15 is 0 Å². The molecule has 2 rings (SSSR count). The topological polar surface area (TPSA) is 17.1 Å². The molecular formula is C16H14F2O. The monoisotopic (exact) mass is 260 g/mol. The third-order valence-corrected chi connectivity index (χ3v) is 3.04. The van der Waals surface area contributed by atoms with Gasteiger partial charge in [0, 0.05) is 12.0 Å². The Labute approximate surface area is 110 Å². The molecule has 0 spiro atoms. The molecule has 0 aliphatic rings. The van der Waals surface area contributed by atoms with Gasteiger partial charge in [0.2, 0.25) is 0 Å². The molecule has 0 saturated heterocycles. The van der Waals surface area contributed by atoms with Gasteiger partial charge in [-0.1, -0.05) is 23.8 Å². The first kappa shape index (κ1) is 13.4. The first-order valence-corrected chi connectivity index (χ1v) is 6.02. The van der Waals surface area contributed by atoms with Crippen LogP contribution >= 0.6 is 0 Å². The number of carbonyl (C=O) groups is 1. The van der Waals surface area contributed by atoms with E-state index in [1.54, 1.807) is 0 Å². The average Bonchev–Trinajstić information content (AvgIpc) is 2.36. The maximum Gasteiger partial charge on any atom is 0.167 e. The molecule has 19 heavy (non-hydrogen) atoms. The van der Waals surface area contributed by atoms with Crippen LogP contribution in [0.2, 0.25) is 0 Å². The van der Waals surface area contributed by atoms with Crippen molar-refractivity contribution in [2.45, 2.75) is 20.3 Å². The molecule has 0 amide bonds. The van der Waals surface area contributed by atoms with Crippen LogP contribution in [0.25, 0.3) is 0 Å². The highest BCUT2D eigenvalue weighted by atomic mass is 19.2. The van der Waals surface area contributed by atoms with Crippen molar-refractivity contribution >= 4 is 5.78 Å². The van der Waals surface area contributed by atoms with E-state index in [2.05, 4.69) is 0 Å². The molecule has 3 heteroatoms. The third kappa shape index (κ3) is 3.05. The summed E-state index contributed by atoms with van der Waals surface area (Å²) in [6.45, 7) is 3.77. The number of Topliss-reactive ketones (excluding diaryl/α,β-unsaturated/α-hetero) is 1. The summed E-state index contributed by atoms with van der Waals surface area (Å²) in [6.07, 6.45) is 0.0709. The fourth-order valence-electron chi connectivity index (χ4n) is 1.97. The van der Waals surface area contributed by atoms with E-state index in [1.807, 2.05) is 32.0 Å². The van der Waals surface area contributed by atoms with E-state index in [-0.39, 0.29) is 12.2 Å². The lowest BCUT2D eigenvalue weighted by molar-refractivity contribution is 0.0992. The van der Waals surface area contributed by atoms with Crippen LogP contribution in [0, 0.1) is 25.5 Å². The largest absolute Gasteiger partial charge is 0.294 e. The number of carbonyl (C=O) groups excluding carboxylic acids is 1. The Bertz CT molecular complexity index is 633. The van der Waals surface area contributed by atoms with Crippen molar-refractivity contribution in [3.63, 3.8) is 0 Å². The summed E-state index contributed by atoms with van der Waals surface area (Å²) in [5.74, 6) is -1.92. The highest BCUT2D eigenvalue weighted by Gasteiger charge is 2.11. The first-order valence-electron chi connectivity index (χ1n) is 6.02. The summed E-state index contributed by atoms with van der Waals surface area (Å²) < 4.78 is 25.9. The molecular weight excluding hydrogens is 246 g/mol. The normalized spacial score (nSPS) is 10.5. The van der Waals surface area contributed by atoms with Crippen LogP contribution in [0.3, 0.4) is 0 Å². The minimum absolute atomic E-state index is 0.0709. The van der Waals surface area contributed by atoms with Gasteiger partial charge in [-0.3, -0.25) is 4.79 Å². The lowest BCUT2D eigenvalue weighted by Gasteiger charge is -2.06. The second-order valence-electron chi connectivity index (χ2n) is 4.67. The Morgan fingerprint density at radius 3 is 2.42 bits per heavy atom. The quantitative estimate of drug-likeness (QED) is 0.762. The van der Waals surface area contributed by atoms with Crippen LogP contribution in [-0.4, -0.2) is 5.78 Å². The second kappa shape index (κ2) is 5.31. The summed E-state index contributed by atoms with van der Waals surface area (Å²) in [5, 5.41) is 0. The number of benzene rings is 2. The molecule has 0 atom stereocenters. The number of ketones is 1. The summed E-state index contributed by atoms with van der Waals surface area (Å²) in [4.78, 5) is 12.2. The van der Waals surface area contributed by atoms with E-state index < -0.39 is 11.6 Å². The molecule has 0 unspecified atom stereocenters. The number of aryl methyl sites for hydroxylation is 2. The minimum atomic E-state index is -0.925. The minimum Gasteiger partial charge on any atom is -0.294 e. The van der Waals surface area contributed by atoms with Gasteiger partial charge < -0.3 is 0 Å². The number of hydrogen-bond acceptors (Lipinski definition) is 1. The number of halogens is 2. The van der Waals surface area contributed by atoms with Gasteiger partial charge in [-0.25, -0.2) is 8.78 Å². The smallest absolute Gasteiger partial charge is 0.167 e. The molecule has 0 saturated carbocycles. The fraction of sp³-hybridized carbons (Fsp3) is 0.188. The Morgan fingerprint density at radius 2 is 1.74 bits per heavy atom. The molecule has 0 heterocycles. The van der Waals surface area contributed by atoms with E-state index in [0.717, 1.165) is 23.3 Å². The second-order valence-corrected chi connectivity index (χ2v) is 4.67. The van der Waals surface area contributed by atoms with Gasteiger partial charge in [-0.15, -0.1) is 0 Å². The van der Waals surface area contributed by atoms with Crippen molar-refractivity contribution in [1.82, 2.24) is 0 Å². The molecule has 0 aliphatic carbocycles. The van der Waals surface area contributed by atoms with Crippen molar-refractivity contribution in [3.8, 4) is 0 Å². The summed E-state index contributed by atoms with van der Waals surface area (Å²) in [6, 6.07) is 9.18. The molecule has 2 aromatic carbocycles. The maximum absolute atomic E-state index is 13.1. The Hall–Kier alpha value is -2.03. The molecule has 0 fully saturated rings. The SMILES string of the molecule is Cc1ccc(C)c(C(=O)Cc2ccc(F)c(F)c2)c1.